The fraction of sp³-hybridized carbons (Fsp3) is 0.235. The normalized spacial score (nSPS) is 17.6. The third kappa shape index (κ3) is 2.18. The van der Waals surface area contributed by atoms with Crippen LogP contribution < -0.4 is 0 Å². The largest absolute Gasteiger partial charge is 0.331 e. The molecule has 1 aromatic heterocycles. The minimum atomic E-state index is 0.116. The van der Waals surface area contributed by atoms with Crippen molar-refractivity contribution in [3.8, 4) is 0 Å². The first kappa shape index (κ1) is 13.1. The van der Waals surface area contributed by atoms with Crippen molar-refractivity contribution in [2.45, 2.75) is 19.4 Å². The molecule has 1 amide bonds. The highest BCUT2D eigenvalue weighted by Crippen LogP contribution is 2.33. The number of nitrogens with zero attached hydrogens (tertiary/aromatic N) is 1. The van der Waals surface area contributed by atoms with E-state index in [0.717, 1.165) is 24.1 Å². The van der Waals surface area contributed by atoms with Gasteiger partial charge in [-0.3, -0.25) is 4.79 Å². The lowest BCUT2D eigenvalue weighted by molar-refractivity contribution is 0.0679. The summed E-state index contributed by atoms with van der Waals surface area (Å²) in [4.78, 5) is 16.0. The summed E-state index contributed by atoms with van der Waals surface area (Å²) in [5.74, 6) is 0.116. The van der Waals surface area contributed by atoms with Crippen molar-refractivity contribution >= 4 is 23.3 Å². The van der Waals surface area contributed by atoms with Gasteiger partial charge in [-0.15, -0.1) is 11.3 Å². The second-order valence-corrected chi connectivity index (χ2v) is 6.05. The Morgan fingerprint density at radius 2 is 2.10 bits per heavy atom. The highest BCUT2D eigenvalue weighted by atomic mass is 32.1. The average molecular weight is 283 g/mol. The summed E-state index contributed by atoms with van der Waals surface area (Å²) in [5, 5.41) is 2.12. The standard InChI is InChI=1S/C17H17NOS/c1-3-13-4-6-14(7-5-13)17(19)18-10-8-16-15(12(18)2)9-11-20-16/h3-7,9,11-12H,1,8,10H2,2H3. The molecule has 2 aromatic rings. The highest BCUT2D eigenvalue weighted by Gasteiger charge is 2.28. The van der Waals surface area contributed by atoms with Gasteiger partial charge >= 0.3 is 0 Å². The molecule has 0 spiro atoms. The zero-order valence-electron chi connectivity index (χ0n) is 11.5. The van der Waals surface area contributed by atoms with E-state index in [1.54, 1.807) is 17.4 Å². The number of fused-ring (bicyclic) bond motifs is 1. The zero-order chi connectivity index (χ0) is 14.1. The molecule has 0 bridgehead atoms. The van der Waals surface area contributed by atoms with E-state index in [2.05, 4.69) is 24.9 Å². The molecule has 0 N–H and O–H groups in total. The van der Waals surface area contributed by atoms with Gasteiger partial charge in [0, 0.05) is 17.0 Å². The Balaban J connectivity index is 1.85. The second-order valence-electron chi connectivity index (χ2n) is 5.05. The van der Waals surface area contributed by atoms with Gasteiger partial charge in [0.05, 0.1) is 6.04 Å². The summed E-state index contributed by atoms with van der Waals surface area (Å²) in [6, 6.07) is 9.95. The lowest BCUT2D eigenvalue weighted by Crippen LogP contribution is -2.38. The molecular formula is C17H17NOS. The van der Waals surface area contributed by atoms with Crippen LogP contribution in [0.3, 0.4) is 0 Å². The minimum Gasteiger partial charge on any atom is -0.331 e. The van der Waals surface area contributed by atoms with Crippen LogP contribution in [0.2, 0.25) is 0 Å². The van der Waals surface area contributed by atoms with E-state index >= 15 is 0 Å². The van der Waals surface area contributed by atoms with Crippen molar-refractivity contribution in [3.63, 3.8) is 0 Å². The first-order valence-electron chi connectivity index (χ1n) is 6.80. The first-order valence-corrected chi connectivity index (χ1v) is 7.68. The number of hydrogen-bond donors (Lipinski definition) is 0. The molecule has 20 heavy (non-hydrogen) atoms. The fourth-order valence-electron chi connectivity index (χ4n) is 2.71. The van der Waals surface area contributed by atoms with Crippen LogP contribution in [0.15, 0.2) is 42.3 Å². The molecule has 1 aromatic carbocycles. The number of amides is 1. The van der Waals surface area contributed by atoms with E-state index in [4.69, 9.17) is 0 Å². The van der Waals surface area contributed by atoms with E-state index in [1.807, 2.05) is 29.2 Å². The van der Waals surface area contributed by atoms with Crippen LogP contribution >= 0.6 is 11.3 Å². The molecule has 2 nitrogen and oxygen atoms in total. The maximum absolute atomic E-state index is 12.6. The van der Waals surface area contributed by atoms with Crippen LogP contribution in [0.25, 0.3) is 6.08 Å². The van der Waals surface area contributed by atoms with Crippen LogP contribution in [-0.4, -0.2) is 17.4 Å². The predicted octanol–water partition coefficient (Wildman–Crippen LogP) is 4.15. The van der Waals surface area contributed by atoms with E-state index in [-0.39, 0.29) is 11.9 Å². The van der Waals surface area contributed by atoms with Crippen LogP contribution in [-0.2, 0) is 6.42 Å². The van der Waals surface area contributed by atoms with Gasteiger partial charge in [-0.2, -0.15) is 0 Å². The van der Waals surface area contributed by atoms with Crippen LogP contribution in [0.1, 0.15) is 39.3 Å². The molecule has 0 saturated heterocycles. The van der Waals surface area contributed by atoms with Crippen molar-refractivity contribution < 1.29 is 4.79 Å². The Kier molecular flexibility index (Phi) is 3.45. The number of carbonyl (C=O) groups is 1. The SMILES string of the molecule is C=Cc1ccc(C(=O)N2CCc3sccc3C2C)cc1. The molecule has 0 aliphatic carbocycles. The lowest BCUT2D eigenvalue weighted by Gasteiger charge is -2.33. The molecule has 3 rings (SSSR count). The number of benzene rings is 1. The molecule has 1 unspecified atom stereocenters. The van der Waals surface area contributed by atoms with Crippen molar-refractivity contribution in [1.82, 2.24) is 4.90 Å². The summed E-state index contributed by atoms with van der Waals surface area (Å²) in [5.41, 5.74) is 3.09. The summed E-state index contributed by atoms with van der Waals surface area (Å²) in [6.07, 6.45) is 2.75. The molecule has 0 radical (unpaired) electrons. The van der Waals surface area contributed by atoms with Gasteiger partial charge in [0.1, 0.15) is 0 Å². The van der Waals surface area contributed by atoms with Crippen molar-refractivity contribution in [2.24, 2.45) is 0 Å². The molecule has 0 fully saturated rings. The molecule has 0 saturated carbocycles. The topological polar surface area (TPSA) is 20.3 Å². The highest BCUT2D eigenvalue weighted by molar-refractivity contribution is 7.10. The average Bonchev–Trinajstić information content (AvgIpc) is 2.96. The van der Waals surface area contributed by atoms with E-state index in [1.165, 1.54) is 10.4 Å². The summed E-state index contributed by atoms with van der Waals surface area (Å²) >= 11 is 1.79. The quantitative estimate of drug-likeness (QED) is 0.810. The number of hydrogen-bond acceptors (Lipinski definition) is 2. The van der Waals surface area contributed by atoms with Gasteiger partial charge < -0.3 is 4.90 Å². The van der Waals surface area contributed by atoms with Crippen molar-refractivity contribution in [2.75, 3.05) is 6.54 Å². The predicted molar refractivity (Wildman–Crippen MR) is 84.0 cm³/mol. The van der Waals surface area contributed by atoms with Crippen molar-refractivity contribution in [3.05, 3.63) is 63.9 Å². The Hall–Kier alpha value is -1.87. The van der Waals surface area contributed by atoms with Crippen molar-refractivity contribution in [1.29, 1.82) is 0 Å². The van der Waals surface area contributed by atoms with Gasteiger partial charge in [-0.1, -0.05) is 24.8 Å². The third-order valence-corrected chi connectivity index (χ3v) is 4.93. The third-order valence-electron chi connectivity index (χ3n) is 3.93. The van der Waals surface area contributed by atoms with Gasteiger partial charge in [-0.05, 0) is 48.1 Å². The van der Waals surface area contributed by atoms with Crippen LogP contribution in [0.5, 0.6) is 0 Å². The Morgan fingerprint density at radius 1 is 1.35 bits per heavy atom. The molecular weight excluding hydrogens is 266 g/mol. The minimum absolute atomic E-state index is 0.116. The second kappa shape index (κ2) is 5.25. The first-order chi connectivity index (χ1) is 9.70. The van der Waals surface area contributed by atoms with Gasteiger partial charge in [-0.25, -0.2) is 0 Å². The molecule has 3 heteroatoms. The number of thiophene rings is 1. The van der Waals surface area contributed by atoms with Gasteiger partial charge in [0.25, 0.3) is 5.91 Å². The summed E-state index contributed by atoms with van der Waals surface area (Å²) in [6.45, 7) is 6.65. The van der Waals surface area contributed by atoms with E-state index < -0.39 is 0 Å². The van der Waals surface area contributed by atoms with Crippen LogP contribution in [0, 0.1) is 0 Å². The van der Waals surface area contributed by atoms with Gasteiger partial charge in [0.15, 0.2) is 0 Å². The van der Waals surface area contributed by atoms with Crippen LogP contribution in [0.4, 0.5) is 0 Å². The summed E-state index contributed by atoms with van der Waals surface area (Å²) in [7, 11) is 0. The Bertz CT molecular complexity index is 641. The lowest BCUT2D eigenvalue weighted by atomic mass is 10.00. The summed E-state index contributed by atoms with van der Waals surface area (Å²) < 4.78 is 0. The maximum Gasteiger partial charge on any atom is 0.254 e. The van der Waals surface area contributed by atoms with E-state index in [9.17, 15) is 4.79 Å². The molecule has 1 aliphatic heterocycles. The Morgan fingerprint density at radius 3 is 2.80 bits per heavy atom. The molecule has 1 aliphatic rings. The number of rotatable bonds is 2. The Labute approximate surface area is 123 Å². The molecule has 2 heterocycles. The zero-order valence-corrected chi connectivity index (χ0v) is 12.3. The van der Waals surface area contributed by atoms with Gasteiger partial charge in [0.2, 0.25) is 0 Å². The molecule has 102 valence electrons. The smallest absolute Gasteiger partial charge is 0.254 e. The monoisotopic (exact) mass is 283 g/mol. The molecule has 1 atom stereocenters. The maximum atomic E-state index is 12.6. The van der Waals surface area contributed by atoms with E-state index in [0.29, 0.717) is 0 Å². The fourth-order valence-corrected chi connectivity index (χ4v) is 3.68. The number of carbonyl (C=O) groups excluding carboxylic acids is 1.